The third-order valence-electron chi connectivity index (χ3n) is 3.78. The van der Waals surface area contributed by atoms with E-state index in [0.717, 1.165) is 6.07 Å². The van der Waals surface area contributed by atoms with Crippen molar-refractivity contribution in [2.24, 2.45) is 0 Å². The van der Waals surface area contributed by atoms with Crippen molar-refractivity contribution in [3.8, 4) is 17.2 Å². The molecule has 0 radical (unpaired) electrons. The number of aromatic nitrogens is 2. The lowest BCUT2D eigenvalue weighted by atomic mass is 10.1. The molecule has 0 amide bonds. The Morgan fingerprint density at radius 2 is 1.36 bits per heavy atom. The van der Waals surface area contributed by atoms with E-state index in [-0.39, 0.29) is 50.3 Å². The molecule has 4 N–H and O–H groups in total. The van der Waals surface area contributed by atoms with Gasteiger partial charge in [0.25, 0.3) is 0 Å². The Balaban J connectivity index is 2.61. The fourth-order valence-electron chi connectivity index (χ4n) is 2.55. The van der Waals surface area contributed by atoms with Crippen LogP contribution < -0.4 is 4.74 Å². The number of hydrogen-bond donors (Lipinski definition) is 4. The first-order valence-corrected chi connectivity index (χ1v) is 6.96. The number of methoxy groups -OCH3 is 1. The highest BCUT2D eigenvalue weighted by atomic mass is 16.5. The molecule has 0 atom stereocenters. The number of ether oxygens (including phenoxy) is 1. The number of hydrogen-bond acceptors (Lipinski definition) is 7. The van der Waals surface area contributed by atoms with Crippen LogP contribution in [-0.4, -0.2) is 49.4 Å². The van der Waals surface area contributed by atoms with Crippen LogP contribution in [0.15, 0.2) is 12.1 Å². The molecule has 9 nitrogen and oxygen atoms in total. The summed E-state index contributed by atoms with van der Waals surface area (Å²) in [6.07, 6.45) is 0. The van der Waals surface area contributed by atoms with Crippen molar-refractivity contribution >= 4 is 34.0 Å². The smallest absolute Gasteiger partial charge is 0.338 e. The summed E-state index contributed by atoms with van der Waals surface area (Å²) < 4.78 is 4.93. The topological polar surface area (TPSA) is 150 Å². The van der Waals surface area contributed by atoms with Gasteiger partial charge in [0.1, 0.15) is 27.8 Å². The van der Waals surface area contributed by atoms with Crippen molar-refractivity contribution in [3.05, 3.63) is 28.8 Å². The maximum absolute atomic E-state index is 11.5. The Morgan fingerprint density at radius 1 is 0.880 bits per heavy atom. The van der Waals surface area contributed by atoms with Crippen molar-refractivity contribution in [3.63, 3.8) is 0 Å². The van der Waals surface area contributed by atoms with E-state index in [0.29, 0.717) is 0 Å². The maximum atomic E-state index is 11.5. The minimum atomic E-state index is -1.34. The average molecular weight is 344 g/mol. The molecule has 0 bridgehead atoms. The summed E-state index contributed by atoms with van der Waals surface area (Å²) in [5.74, 6) is -3.59. The summed E-state index contributed by atoms with van der Waals surface area (Å²) in [6, 6.07) is 2.29. The molecule has 0 aliphatic carbocycles. The van der Waals surface area contributed by atoms with Gasteiger partial charge >= 0.3 is 11.9 Å². The first-order chi connectivity index (χ1) is 11.8. The summed E-state index contributed by atoms with van der Waals surface area (Å²) in [4.78, 5) is 31.1. The third kappa shape index (κ3) is 2.33. The Kier molecular flexibility index (Phi) is 3.56. The van der Waals surface area contributed by atoms with Gasteiger partial charge < -0.3 is 25.2 Å². The Labute approximate surface area is 139 Å². The van der Waals surface area contributed by atoms with Crippen molar-refractivity contribution in [2.75, 3.05) is 7.11 Å². The van der Waals surface area contributed by atoms with Crippen LogP contribution in [0.3, 0.4) is 0 Å². The van der Waals surface area contributed by atoms with Crippen LogP contribution in [0.1, 0.15) is 26.3 Å². The Morgan fingerprint density at radius 3 is 1.84 bits per heavy atom. The minimum absolute atomic E-state index is 0.147. The van der Waals surface area contributed by atoms with Crippen molar-refractivity contribution < 1.29 is 34.8 Å². The second kappa shape index (κ2) is 5.48. The highest BCUT2D eigenvalue weighted by Crippen LogP contribution is 2.38. The summed E-state index contributed by atoms with van der Waals surface area (Å²) in [5, 5.41) is 39.2. The first kappa shape index (κ1) is 16.2. The lowest BCUT2D eigenvalue weighted by Crippen LogP contribution is -2.05. The molecule has 0 saturated carbocycles. The van der Waals surface area contributed by atoms with Gasteiger partial charge in [-0.3, -0.25) is 0 Å². The van der Waals surface area contributed by atoms with Gasteiger partial charge in [-0.15, -0.1) is 0 Å². The fraction of sp³-hybridized carbons (Fsp3) is 0.125. The lowest BCUT2D eigenvalue weighted by Gasteiger charge is -2.12. The SMILES string of the molecule is COc1cc(C(=O)O)c2nc3c(O)c(C)cc(C(=O)O)c3nc2c1O. The number of rotatable bonds is 3. The molecule has 3 aromatic rings. The van der Waals surface area contributed by atoms with E-state index in [4.69, 9.17) is 4.74 Å². The van der Waals surface area contributed by atoms with Crippen LogP contribution in [0.25, 0.3) is 22.1 Å². The molecular weight excluding hydrogens is 332 g/mol. The van der Waals surface area contributed by atoms with E-state index >= 15 is 0 Å². The quantitative estimate of drug-likeness (QED) is 0.522. The Bertz CT molecular complexity index is 1080. The minimum Gasteiger partial charge on any atom is -0.505 e. The van der Waals surface area contributed by atoms with Gasteiger partial charge in [0.15, 0.2) is 11.5 Å². The van der Waals surface area contributed by atoms with Gasteiger partial charge in [-0.1, -0.05) is 0 Å². The van der Waals surface area contributed by atoms with Crippen LogP contribution in [0.2, 0.25) is 0 Å². The number of aromatic carboxylic acids is 2. The highest BCUT2D eigenvalue weighted by molar-refractivity contribution is 6.09. The number of nitrogens with zero attached hydrogens (tertiary/aromatic N) is 2. The maximum Gasteiger partial charge on any atom is 0.338 e. The van der Waals surface area contributed by atoms with Crippen LogP contribution in [-0.2, 0) is 0 Å². The predicted molar refractivity (Wildman–Crippen MR) is 85.6 cm³/mol. The van der Waals surface area contributed by atoms with E-state index in [1.54, 1.807) is 0 Å². The lowest BCUT2D eigenvalue weighted by molar-refractivity contribution is 0.0687. The largest absolute Gasteiger partial charge is 0.505 e. The summed E-state index contributed by atoms with van der Waals surface area (Å²) in [6.45, 7) is 1.48. The zero-order valence-corrected chi connectivity index (χ0v) is 13.1. The molecule has 0 aliphatic heterocycles. The molecule has 0 unspecified atom stereocenters. The van der Waals surface area contributed by atoms with Crippen LogP contribution in [0.5, 0.6) is 17.2 Å². The molecule has 128 valence electrons. The van der Waals surface area contributed by atoms with Crippen LogP contribution in [0, 0.1) is 6.92 Å². The highest BCUT2D eigenvalue weighted by Gasteiger charge is 2.23. The van der Waals surface area contributed by atoms with E-state index in [1.165, 1.54) is 20.1 Å². The van der Waals surface area contributed by atoms with Crippen molar-refractivity contribution in [1.82, 2.24) is 9.97 Å². The number of fused-ring (bicyclic) bond motifs is 2. The van der Waals surface area contributed by atoms with Gasteiger partial charge in [-0.25, -0.2) is 19.6 Å². The zero-order chi connectivity index (χ0) is 18.5. The standard InChI is InChI=1S/C16H12N2O7/c1-5-3-6(15(21)22)9-11(13(5)19)17-10-7(16(23)24)4-8(25-2)14(20)12(10)18-9/h3-4,19-20H,1-2H3,(H,21,22)(H,23,24). The molecule has 0 saturated heterocycles. The summed E-state index contributed by atoms with van der Waals surface area (Å²) >= 11 is 0. The molecule has 2 aromatic carbocycles. The van der Waals surface area contributed by atoms with Crippen molar-refractivity contribution in [2.45, 2.75) is 6.92 Å². The van der Waals surface area contributed by atoms with E-state index < -0.39 is 17.7 Å². The summed E-state index contributed by atoms with van der Waals surface area (Å²) in [5.41, 5.74) is -1.09. The molecular formula is C16H12N2O7. The Hall–Kier alpha value is -3.62. The molecule has 1 heterocycles. The van der Waals surface area contributed by atoms with Gasteiger partial charge in [0, 0.05) is 6.07 Å². The average Bonchev–Trinajstić information content (AvgIpc) is 2.57. The molecule has 25 heavy (non-hydrogen) atoms. The number of phenolic OH excluding ortho intramolecular Hbond substituents is 2. The number of carbonyl (C=O) groups is 2. The van der Waals surface area contributed by atoms with Crippen LogP contribution in [0.4, 0.5) is 0 Å². The van der Waals surface area contributed by atoms with Crippen LogP contribution >= 0.6 is 0 Å². The van der Waals surface area contributed by atoms with E-state index in [2.05, 4.69) is 9.97 Å². The van der Waals surface area contributed by atoms with Crippen molar-refractivity contribution in [1.29, 1.82) is 0 Å². The molecule has 1 aromatic heterocycles. The third-order valence-corrected chi connectivity index (χ3v) is 3.78. The van der Waals surface area contributed by atoms with Gasteiger partial charge in [-0.2, -0.15) is 0 Å². The fourth-order valence-corrected chi connectivity index (χ4v) is 2.55. The second-order valence-corrected chi connectivity index (χ2v) is 5.29. The zero-order valence-electron chi connectivity index (χ0n) is 13.1. The number of benzene rings is 2. The van der Waals surface area contributed by atoms with Gasteiger partial charge in [0.05, 0.1) is 18.2 Å². The van der Waals surface area contributed by atoms with E-state index in [9.17, 15) is 30.0 Å². The monoisotopic (exact) mass is 344 g/mol. The van der Waals surface area contributed by atoms with E-state index in [1.807, 2.05) is 0 Å². The molecule has 3 rings (SSSR count). The molecule has 0 spiro atoms. The van der Waals surface area contributed by atoms with Gasteiger partial charge in [0.2, 0.25) is 0 Å². The van der Waals surface area contributed by atoms with Gasteiger partial charge in [-0.05, 0) is 18.6 Å². The number of aromatic hydroxyl groups is 2. The molecule has 9 heteroatoms. The normalized spacial score (nSPS) is 11.0. The number of phenols is 2. The number of carboxylic acid groups (broad SMARTS) is 2. The first-order valence-electron chi connectivity index (χ1n) is 6.96. The second-order valence-electron chi connectivity index (χ2n) is 5.29. The molecule has 0 aliphatic rings. The summed E-state index contributed by atoms with van der Waals surface area (Å²) in [7, 11) is 1.23. The molecule has 0 fully saturated rings. The number of aryl methyl sites for hydroxylation is 1. The predicted octanol–water partition coefficient (Wildman–Crippen LogP) is 1.91. The number of carboxylic acids is 2.